The summed E-state index contributed by atoms with van der Waals surface area (Å²) in [6.45, 7) is 3.43. The fourth-order valence-electron chi connectivity index (χ4n) is 1.69. The van der Waals surface area contributed by atoms with Gasteiger partial charge in [-0.15, -0.1) is 11.3 Å². The molecule has 0 spiro atoms. The highest BCUT2D eigenvalue weighted by Crippen LogP contribution is 2.21. The smallest absolute Gasteiger partial charge is 0.244 e. The Hall–Kier alpha value is -1.15. The molecule has 0 aromatic carbocycles. The summed E-state index contributed by atoms with van der Waals surface area (Å²) < 4.78 is 32.0. The van der Waals surface area contributed by atoms with E-state index in [-0.39, 0.29) is 29.6 Å². The Kier molecular flexibility index (Phi) is 4.10. The number of rotatable bonds is 5. The molecular formula is C12H15NO4S2. The van der Waals surface area contributed by atoms with Gasteiger partial charge >= 0.3 is 0 Å². The molecule has 0 amide bonds. The van der Waals surface area contributed by atoms with Crippen LogP contribution in [0.2, 0.25) is 0 Å². The molecule has 0 radical (unpaired) electrons. The van der Waals surface area contributed by atoms with Crippen molar-refractivity contribution in [2.24, 2.45) is 0 Å². The van der Waals surface area contributed by atoms with Gasteiger partial charge in [-0.3, -0.25) is 0 Å². The van der Waals surface area contributed by atoms with E-state index in [2.05, 4.69) is 4.72 Å². The Morgan fingerprint density at radius 3 is 2.68 bits per heavy atom. The highest BCUT2D eigenvalue weighted by atomic mass is 32.2. The predicted molar refractivity (Wildman–Crippen MR) is 72.4 cm³/mol. The maximum absolute atomic E-state index is 12.1. The van der Waals surface area contributed by atoms with Crippen LogP contribution in [-0.4, -0.2) is 13.5 Å². The Labute approximate surface area is 115 Å². The number of thiophene rings is 1. The molecule has 2 N–H and O–H groups in total. The molecule has 2 heterocycles. The molecule has 5 nitrogen and oxygen atoms in total. The SMILES string of the molecule is Cc1ccsc1CNS(=O)(=O)c1cc(CO)oc1C. The number of hydrogen-bond donors (Lipinski definition) is 2. The van der Waals surface area contributed by atoms with Crippen LogP contribution < -0.4 is 4.72 Å². The fraction of sp³-hybridized carbons (Fsp3) is 0.333. The second-order valence-corrected chi connectivity index (χ2v) is 6.88. The average Bonchev–Trinajstić information content (AvgIpc) is 2.93. The van der Waals surface area contributed by atoms with Crippen molar-refractivity contribution in [3.05, 3.63) is 39.5 Å². The van der Waals surface area contributed by atoms with E-state index in [0.29, 0.717) is 0 Å². The highest BCUT2D eigenvalue weighted by Gasteiger charge is 2.21. The monoisotopic (exact) mass is 301 g/mol. The maximum Gasteiger partial charge on any atom is 0.244 e. The van der Waals surface area contributed by atoms with E-state index in [4.69, 9.17) is 9.52 Å². The zero-order chi connectivity index (χ0) is 14.0. The predicted octanol–water partition coefficient (Wildman–Crippen LogP) is 1.93. The van der Waals surface area contributed by atoms with Crippen molar-refractivity contribution in [3.63, 3.8) is 0 Å². The molecule has 0 saturated carbocycles. The molecule has 0 saturated heterocycles. The molecule has 0 aliphatic carbocycles. The summed E-state index contributed by atoms with van der Waals surface area (Å²) in [5, 5.41) is 10.9. The van der Waals surface area contributed by atoms with E-state index >= 15 is 0 Å². The van der Waals surface area contributed by atoms with Crippen LogP contribution in [0.5, 0.6) is 0 Å². The van der Waals surface area contributed by atoms with Gasteiger partial charge in [0.1, 0.15) is 23.0 Å². The summed E-state index contributed by atoms with van der Waals surface area (Å²) >= 11 is 1.51. The van der Waals surface area contributed by atoms with Gasteiger partial charge in [0.05, 0.1) is 0 Å². The zero-order valence-corrected chi connectivity index (χ0v) is 12.3. The van der Waals surface area contributed by atoms with Crippen LogP contribution in [0.1, 0.15) is 22.0 Å². The Morgan fingerprint density at radius 2 is 2.16 bits per heavy atom. The molecule has 0 aliphatic rings. The second-order valence-electron chi connectivity index (χ2n) is 4.14. The van der Waals surface area contributed by atoms with E-state index in [1.165, 1.54) is 17.4 Å². The Bertz CT molecular complexity index is 670. The minimum Gasteiger partial charge on any atom is -0.462 e. The van der Waals surface area contributed by atoms with Crippen molar-refractivity contribution < 1.29 is 17.9 Å². The number of nitrogens with one attached hydrogen (secondary N) is 1. The zero-order valence-electron chi connectivity index (χ0n) is 10.6. The summed E-state index contributed by atoms with van der Waals surface area (Å²) in [6.07, 6.45) is 0. The lowest BCUT2D eigenvalue weighted by atomic mass is 10.3. The van der Waals surface area contributed by atoms with Gasteiger partial charge in [-0.1, -0.05) is 0 Å². The van der Waals surface area contributed by atoms with Crippen LogP contribution in [0.15, 0.2) is 26.8 Å². The number of aliphatic hydroxyl groups excluding tert-OH is 1. The van der Waals surface area contributed by atoms with Gasteiger partial charge in [0, 0.05) is 17.5 Å². The lowest BCUT2D eigenvalue weighted by Gasteiger charge is -2.04. The molecular weight excluding hydrogens is 286 g/mol. The van der Waals surface area contributed by atoms with Crippen molar-refractivity contribution in [2.75, 3.05) is 0 Å². The summed E-state index contributed by atoms with van der Waals surface area (Å²) in [4.78, 5) is 1.05. The molecule has 2 aromatic heterocycles. The normalized spacial score (nSPS) is 11.9. The van der Waals surface area contributed by atoms with Crippen molar-refractivity contribution >= 4 is 21.4 Å². The molecule has 0 atom stereocenters. The summed E-state index contributed by atoms with van der Waals surface area (Å²) in [7, 11) is -3.62. The number of aryl methyl sites for hydroxylation is 2. The first-order chi connectivity index (χ1) is 8.94. The number of furan rings is 1. The molecule has 0 fully saturated rings. The van der Waals surface area contributed by atoms with Gasteiger partial charge in [-0.25, -0.2) is 13.1 Å². The van der Waals surface area contributed by atoms with Gasteiger partial charge in [0.15, 0.2) is 0 Å². The molecule has 2 aromatic rings. The van der Waals surface area contributed by atoms with Crippen molar-refractivity contribution in [3.8, 4) is 0 Å². The second kappa shape index (κ2) is 5.46. The van der Waals surface area contributed by atoms with Crippen molar-refractivity contribution in [1.82, 2.24) is 4.72 Å². The van der Waals surface area contributed by atoms with Crippen molar-refractivity contribution in [1.29, 1.82) is 0 Å². The molecule has 0 bridgehead atoms. The number of hydrogen-bond acceptors (Lipinski definition) is 5. The minimum absolute atomic E-state index is 0.0748. The van der Waals surface area contributed by atoms with E-state index in [9.17, 15) is 8.42 Å². The van der Waals surface area contributed by atoms with Gasteiger partial charge in [0.2, 0.25) is 10.0 Å². The third-order valence-corrected chi connectivity index (χ3v) is 5.29. The third-order valence-electron chi connectivity index (χ3n) is 2.76. The lowest BCUT2D eigenvalue weighted by molar-refractivity contribution is 0.244. The van der Waals surface area contributed by atoms with Crippen LogP contribution in [0.25, 0.3) is 0 Å². The number of aliphatic hydroxyl groups is 1. The maximum atomic E-state index is 12.1. The summed E-state index contributed by atoms with van der Waals surface area (Å²) in [5.74, 6) is 0.518. The molecule has 0 unspecified atom stereocenters. The van der Waals surface area contributed by atoms with E-state index < -0.39 is 10.0 Å². The Balaban J connectivity index is 2.18. The van der Waals surface area contributed by atoms with Gasteiger partial charge in [0.25, 0.3) is 0 Å². The molecule has 19 heavy (non-hydrogen) atoms. The lowest BCUT2D eigenvalue weighted by Crippen LogP contribution is -2.23. The largest absolute Gasteiger partial charge is 0.462 e. The topological polar surface area (TPSA) is 79.5 Å². The first-order valence-electron chi connectivity index (χ1n) is 5.67. The van der Waals surface area contributed by atoms with Crippen LogP contribution >= 0.6 is 11.3 Å². The van der Waals surface area contributed by atoms with E-state index in [1.807, 2.05) is 18.4 Å². The van der Waals surface area contributed by atoms with E-state index in [1.54, 1.807) is 6.92 Å². The van der Waals surface area contributed by atoms with Crippen molar-refractivity contribution in [2.45, 2.75) is 31.9 Å². The minimum atomic E-state index is -3.62. The quantitative estimate of drug-likeness (QED) is 0.884. The van der Waals surface area contributed by atoms with Crippen LogP contribution in [0.4, 0.5) is 0 Å². The summed E-state index contributed by atoms with van der Waals surface area (Å²) in [6, 6.07) is 3.29. The van der Waals surface area contributed by atoms with Gasteiger partial charge in [-0.05, 0) is 30.9 Å². The first kappa shape index (κ1) is 14.3. The standard InChI is InChI=1S/C12H15NO4S2/c1-8-3-4-18-11(8)6-13-19(15,16)12-5-10(7-14)17-9(12)2/h3-5,13-14H,6-7H2,1-2H3. The van der Waals surface area contributed by atoms with Crippen LogP contribution in [-0.2, 0) is 23.2 Å². The van der Waals surface area contributed by atoms with Gasteiger partial charge in [-0.2, -0.15) is 0 Å². The molecule has 0 aliphatic heterocycles. The molecule has 2 rings (SSSR count). The summed E-state index contributed by atoms with van der Waals surface area (Å²) in [5.41, 5.74) is 1.06. The third kappa shape index (κ3) is 3.06. The van der Waals surface area contributed by atoms with Crippen LogP contribution in [0, 0.1) is 13.8 Å². The number of sulfonamides is 1. The van der Waals surface area contributed by atoms with Gasteiger partial charge < -0.3 is 9.52 Å². The fourth-order valence-corrected chi connectivity index (χ4v) is 3.83. The van der Waals surface area contributed by atoms with Crippen LogP contribution in [0.3, 0.4) is 0 Å². The highest BCUT2D eigenvalue weighted by molar-refractivity contribution is 7.89. The first-order valence-corrected chi connectivity index (χ1v) is 8.03. The Morgan fingerprint density at radius 1 is 1.42 bits per heavy atom. The molecule has 7 heteroatoms. The molecule has 104 valence electrons. The average molecular weight is 301 g/mol. The van der Waals surface area contributed by atoms with E-state index in [0.717, 1.165) is 10.4 Å².